The number of thiophene rings is 1. The maximum Gasteiger partial charge on any atom is 0.371 e. The molecule has 30 heavy (non-hydrogen) atoms. The number of aromatic carboxylic acids is 1. The first-order chi connectivity index (χ1) is 14.3. The van der Waals surface area contributed by atoms with Crippen LogP contribution in [0, 0.1) is 12.7 Å². The van der Waals surface area contributed by atoms with Crippen molar-refractivity contribution in [1.29, 1.82) is 0 Å². The topological polar surface area (TPSA) is 85.3 Å². The molecule has 0 radical (unpaired) electrons. The standard InChI is InChI=1S/C22H19FN2O4S/c1-11(2)19-24-20-18(17(12(3)30-20)13-4-6-14(23)7-5-13)21(26)25(19)10-15-8-9-16(29-15)22(27)28/h4-9,11H,10H2,1-3H3,(H,27,28). The molecular weight excluding hydrogens is 407 g/mol. The van der Waals surface area contributed by atoms with E-state index in [1.165, 1.54) is 34.1 Å². The molecule has 0 aliphatic carbocycles. The molecule has 154 valence electrons. The van der Waals surface area contributed by atoms with Crippen LogP contribution < -0.4 is 5.56 Å². The average molecular weight is 426 g/mol. The maximum absolute atomic E-state index is 13.6. The monoisotopic (exact) mass is 426 g/mol. The Hall–Kier alpha value is -3.26. The zero-order valence-electron chi connectivity index (χ0n) is 16.6. The lowest BCUT2D eigenvalue weighted by Gasteiger charge is -2.14. The van der Waals surface area contributed by atoms with Gasteiger partial charge in [0.25, 0.3) is 5.56 Å². The zero-order chi connectivity index (χ0) is 21.6. The SMILES string of the molecule is Cc1sc2nc(C(C)C)n(Cc3ccc(C(=O)O)o3)c(=O)c2c1-c1ccc(F)cc1. The molecule has 4 rings (SSSR count). The molecule has 0 saturated heterocycles. The molecule has 3 heterocycles. The minimum atomic E-state index is -1.17. The summed E-state index contributed by atoms with van der Waals surface area (Å²) >= 11 is 1.43. The van der Waals surface area contributed by atoms with Crippen molar-refractivity contribution < 1.29 is 18.7 Å². The first-order valence-electron chi connectivity index (χ1n) is 9.38. The van der Waals surface area contributed by atoms with Gasteiger partial charge in [-0.15, -0.1) is 11.3 Å². The number of carboxylic acids is 1. The van der Waals surface area contributed by atoms with Crippen LogP contribution in [0.15, 0.2) is 45.6 Å². The predicted molar refractivity (Wildman–Crippen MR) is 113 cm³/mol. The van der Waals surface area contributed by atoms with Gasteiger partial charge < -0.3 is 9.52 Å². The van der Waals surface area contributed by atoms with E-state index in [0.29, 0.717) is 21.8 Å². The summed E-state index contributed by atoms with van der Waals surface area (Å²) in [5.41, 5.74) is 1.25. The van der Waals surface area contributed by atoms with Gasteiger partial charge >= 0.3 is 5.97 Å². The summed E-state index contributed by atoms with van der Waals surface area (Å²) in [4.78, 5) is 31.0. The van der Waals surface area contributed by atoms with Crippen LogP contribution in [-0.2, 0) is 6.54 Å². The summed E-state index contributed by atoms with van der Waals surface area (Å²) in [5.74, 6) is -0.788. The van der Waals surface area contributed by atoms with E-state index in [-0.39, 0.29) is 29.6 Å². The Balaban J connectivity index is 1.94. The number of nitrogens with zero attached hydrogens (tertiary/aromatic N) is 2. The van der Waals surface area contributed by atoms with Gasteiger partial charge in [-0.3, -0.25) is 9.36 Å². The Morgan fingerprint density at radius 3 is 2.53 bits per heavy atom. The Labute approximate surface area is 175 Å². The Morgan fingerprint density at radius 1 is 1.23 bits per heavy atom. The largest absolute Gasteiger partial charge is 0.475 e. The molecule has 8 heteroatoms. The van der Waals surface area contributed by atoms with Crippen molar-refractivity contribution in [3.05, 3.63) is 74.8 Å². The fourth-order valence-electron chi connectivity index (χ4n) is 3.50. The number of fused-ring (bicyclic) bond motifs is 1. The fraction of sp³-hybridized carbons (Fsp3) is 0.227. The molecule has 0 fully saturated rings. The zero-order valence-corrected chi connectivity index (χ0v) is 17.4. The molecule has 3 aromatic heterocycles. The number of hydrogen-bond donors (Lipinski definition) is 1. The molecule has 1 aromatic carbocycles. The van der Waals surface area contributed by atoms with E-state index in [9.17, 15) is 14.0 Å². The van der Waals surface area contributed by atoms with E-state index in [1.807, 2.05) is 20.8 Å². The van der Waals surface area contributed by atoms with Crippen LogP contribution in [0.4, 0.5) is 4.39 Å². The number of aryl methyl sites for hydroxylation is 1. The van der Waals surface area contributed by atoms with Crippen LogP contribution >= 0.6 is 11.3 Å². The van der Waals surface area contributed by atoms with Gasteiger partial charge in [0.15, 0.2) is 0 Å². The molecule has 0 bridgehead atoms. The van der Waals surface area contributed by atoms with Gasteiger partial charge in [0.2, 0.25) is 5.76 Å². The second-order valence-corrected chi connectivity index (χ2v) is 8.51. The number of rotatable bonds is 5. The summed E-state index contributed by atoms with van der Waals surface area (Å²) in [7, 11) is 0. The van der Waals surface area contributed by atoms with E-state index < -0.39 is 5.97 Å². The molecule has 0 aliphatic rings. The smallest absolute Gasteiger partial charge is 0.371 e. The second-order valence-electron chi connectivity index (χ2n) is 7.31. The quantitative estimate of drug-likeness (QED) is 0.483. The van der Waals surface area contributed by atoms with Crippen LogP contribution in [-0.4, -0.2) is 20.6 Å². The van der Waals surface area contributed by atoms with Crippen molar-refractivity contribution in [3.8, 4) is 11.1 Å². The van der Waals surface area contributed by atoms with Gasteiger partial charge in [-0.1, -0.05) is 26.0 Å². The van der Waals surface area contributed by atoms with E-state index >= 15 is 0 Å². The van der Waals surface area contributed by atoms with E-state index in [2.05, 4.69) is 0 Å². The number of benzene rings is 1. The first kappa shape index (κ1) is 20.0. The van der Waals surface area contributed by atoms with Crippen molar-refractivity contribution in [2.45, 2.75) is 33.2 Å². The molecule has 1 N–H and O–H groups in total. The minimum absolute atomic E-state index is 0.0346. The minimum Gasteiger partial charge on any atom is -0.475 e. The highest BCUT2D eigenvalue weighted by Crippen LogP contribution is 2.36. The number of halogens is 1. The maximum atomic E-state index is 13.6. The Bertz CT molecular complexity index is 1320. The third kappa shape index (κ3) is 3.43. The summed E-state index contributed by atoms with van der Waals surface area (Å²) in [6, 6.07) is 8.93. The van der Waals surface area contributed by atoms with Crippen molar-refractivity contribution in [1.82, 2.24) is 9.55 Å². The van der Waals surface area contributed by atoms with Gasteiger partial charge in [-0.25, -0.2) is 14.2 Å². The van der Waals surface area contributed by atoms with Crippen molar-refractivity contribution in [3.63, 3.8) is 0 Å². The van der Waals surface area contributed by atoms with E-state index in [4.69, 9.17) is 14.5 Å². The highest BCUT2D eigenvalue weighted by molar-refractivity contribution is 7.19. The van der Waals surface area contributed by atoms with Gasteiger partial charge in [0, 0.05) is 16.4 Å². The molecule has 6 nitrogen and oxygen atoms in total. The molecule has 0 aliphatic heterocycles. The predicted octanol–water partition coefficient (Wildman–Crippen LogP) is 5.04. The first-order valence-corrected chi connectivity index (χ1v) is 10.2. The van der Waals surface area contributed by atoms with Gasteiger partial charge in [-0.2, -0.15) is 0 Å². The van der Waals surface area contributed by atoms with E-state index in [1.54, 1.807) is 18.2 Å². The lowest BCUT2D eigenvalue weighted by atomic mass is 10.0. The van der Waals surface area contributed by atoms with Crippen LogP contribution in [0.1, 0.15) is 46.8 Å². The summed E-state index contributed by atoms with van der Waals surface area (Å²) in [6.07, 6.45) is 0. The molecular formula is C22H19FN2O4S. The van der Waals surface area contributed by atoms with Crippen LogP contribution in [0.25, 0.3) is 21.3 Å². The second kappa shape index (κ2) is 7.53. The normalized spacial score (nSPS) is 11.5. The highest BCUT2D eigenvalue weighted by atomic mass is 32.1. The summed E-state index contributed by atoms with van der Waals surface area (Å²) in [6.45, 7) is 5.86. The fourth-order valence-corrected chi connectivity index (χ4v) is 4.54. The highest BCUT2D eigenvalue weighted by Gasteiger charge is 2.22. The average Bonchev–Trinajstić information content (AvgIpc) is 3.29. The number of furan rings is 1. The van der Waals surface area contributed by atoms with Crippen LogP contribution in [0.3, 0.4) is 0 Å². The van der Waals surface area contributed by atoms with Crippen molar-refractivity contribution in [2.24, 2.45) is 0 Å². The Kier molecular flexibility index (Phi) is 5.03. The number of hydrogen-bond acceptors (Lipinski definition) is 5. The van der Waals surface area contributed by atoms with E-state index in [0.717, 1.165) is 16.0 Å². The molecule has 0 atom stereocenters. The lowest BCUT2D eigenvalue weighted by Crippen LogP contribution is -2.26. The molecule has 4 aromatic rings. The van der Waals surface area contributed by atoms with Crippen molar-refractivity contribution in [2.75, 3.05) is 0 Å². The lowest BCUT2D eigenvalue weighted by molar-refractivity contribution is 0.0660. The third-order valence-corrected chi connectivity index (χ3v) is 5.85. The summed E-state index contributed by atoms with van der Waals surface area (Å²) < 4.78 is 20.3. The van der Waals surface area contributed by atoms with Gasteiger partial charge in [0.1, 0.15) is 22.2 Å². The van der Waals surface area contributed by atoms with Gasteiger partial charge in [-0.05, 0) is 36.8 Å². The Morgan fingerprint density at radius 2 is 1.93 bits per heavy atom. The molecule has 0 saturated carbocycles. The number of carbonyl (C=O) groups is 1. The number of aromatic nitrogens is 2. The molecule has 0 unspecified atom stereocenters. The summed E-state index contributed by atoms with van der Waals surface area (Å²) in [5, 5.41) is 9.56. The van der Waals surface area contributed by atoms with Gasteiger partial charge in [0.05, 0.1) is 11.9 Å². The third-order valence-electron chi connectivity index (χ3n) is 4.85. The van der Waals surface area contributed by atoms with Crippen LogP contribution in [0.2, 0.25) is 0 Å². The van der Waals surface area contributed by atoms with Crippen LogP contribution in [0.5, 0.6) is 0 Å². The van der Waals surface area contributed by atoms with Crippen molar-refractivity contribution >= 4 is 27.5 Å². The number of carboxylic acid groups (broad SMARTS) is 1. The molecule has 0 spiro atoms. The molecule has 0 amide bonds.